The van der Waals surface area contributed by atoms with Crippen LogP contribution in [0, 0.1) is 0 Å². The molecular weight excluding hydrogens is 421 g/mol. The lowest BCUT2D eigenvalue weighted by Crippen LogP contribution is -2.15. The molecule has 1 heterocycles. The molecule has 0 bridgehead atoms. The number of nitrogens with one attached hydrogen (secondary N) is 1. The van der Waals surface area contributed by atoms with Crippen molar-refractivity contribution >= 4 is 21.5 Å². The van der Waals surface area contributed by atoms with Crippen molar-refractivity contribution in [2.45, 2.75) is 31.3 Å². The molecule has 3 rings (SSSR count). The van der Waals surface area contributed by atoms with E-state index in [1.165, 1.54) is 37.3 Å². The second kappa shape index (κ2) is 7.94. The number of carbonyl (C=O) groups is 1. The zero-order valence-corrected chi connectivity index (χ0v) is 16.8. The summed E-state index contributed by atoms with van der Waals surface area (Å²) < 4.78 is 71.0. The molecule has 0 amide bonds. The fourth-order valence-corrected chi connectivity index (χ4v) is 4.20. The third-order valence-corrected chi connectivity index (χ3v) is 5.81. The molecule has 0 atom stereocenters. The van der Waals surface area contributed by atoms with Crippen LogP contribution < -0.4 is 4.72 Å². The first kappa shape index (κ1) is 21.6. The molecule has 0 saturated carbocycles. The van der Waals surface area contributed by atoms with Crippen molar-refractivity contribution in [3.63, 3.8) is 0 Å². The third-order valence-electron chi connectivity index (χ3n) is 4.34. The third kappa shape index (κ3) is 4.54. The molecule has 1 aromatic heterocycles. The molecule has 0 aliphatic rings. The van der Waals surface area contributed by atoms with Crippen LogP contribution in [0.15, 0.2) is 57.9 Å². The van der Waals surface area contributed by atoms with Gasteiger partial charge in [0.2, 0.25) is 5.76 Å². The highest BCUT2D eigenvalue weighted by molar-refractivity contribution is 7.92. The maximum absolute atomic E-state index is 13.0. The number of Topliss-reactive ketones (excluding diaryl/α,β-unsaturated/α-hetero) is 1. The average molecular weight is 438 g/mol. The highest BCUT2D eigenvalue weighted by atomic mass is 32.2. The van der Waals surface area contributed by atoms with Crippen LogP contribution in [0.25, 0.3) is 11.3 Å². The summed E-state index contributed by atoms with van der Waals surface area (Å²) >= 11 is 0. The van der Waals surface area contributed by atoms with E-state index in [2.05, 4.69) is 14.4 Å². The number of aromatic nitrogens is 1. The van der Waals surface area contributed by atoms with E-state index in [0.29, 0.717) is 23.6 Å². The zero-order valence-electron chi connectivity index (χ0n) is 15.9. The monoisotopic (exact) mass is 438 g/mol. The van der Waals surface area contributed by atoms with Crippen molar-refractivity contribution in [3.8, 4) is 11.3 Å². The van der Waals surface area contributed by atoms with Gasteiger partial charge in [0.15, 0.2) is 5.78 Å². The van der Waals surface area contributed by atoms with Crippen LogP contribution in [-0.2, 0) is 22.6 Å². The average Bonchev–Trinajstić information content (AvgIpc) is 3.18. The largest absolute Gasteiger partial charge is 0.452 e. The molecule has 0 unspecified atom stereocenters. The Labute approximate surface area is 170 Å². The Hall–Kier alpha value is -3.14. The second-order valence-electron chi connectivity index (χ2n) is 6.49. The first-order valence-corrected chi connectivity index (χ1v) is 10.3. The van der Waals surface area contributed by atoms with E-state index in [9.17, 15) is 26.4 Å². The number of aryl methyl sites for hydroxylation is 1. The number of benzene rings is 2. The minimum Gasteiger partial charge on any atom is -0.351 e. The van der Waals surface area contributed by atoms with Gasteiger partial charge in [0.25, 0.3) is 10.0 Å². The van der Waals surface area contributed by atoms with Crippen LogP contribution in [0.5, 0.6) is 0 Å². The number of alkyl halides is 3. The summed E-state index contributed by atoms with van der Waals surface area (Å²) in [5.74, 6) is -1.50. The minimum atomic E-state index is -4.70. The predicted molar refractivity (Wildman–Crippen MR) is 104 cm³/mol. The summed E-state index contributed by atoms with van der Waals surface area (Å²) in [6.45, 7) is 3.11. The summed E-state index contributed by atoms with van der Waals surface area (Å²) in [5.41, 5.74) is 1.01. The van der Waals surface area contributed by atoms with Gasteiger partial charge in [0, 0.05) is 22.9 Å². The number of ketones is 1. The van der Waals surface area contributed by atoms with E-state index >= 15 is 0 Å². The normalized spacial score (nSPS) is 12.0. The van der Waals surface area contributed by atoms with Gasteiger partial charge in [0.05, 0.1) is 4.90 Å². The number of hydrogen-bond acceptors (Lipinski definition) is 5. The lowest BCUT2D eigenvalue weighted by Gasteiger charge is -2.13. The van der Waals surface area contributed by atoms with Gasteiger partial charge in [0.1, 0.15) is 5.69 Å². The van der Waals surface area contributed by atoms with Gasteiger partial charge in [-0.15, -0.1) is 0 Å². The molecule has 0 aliphatic carbocycles. The van der Waals surface area contributed by atoms with Crippen molar-refractivity contribution in [3.05, 3.63) is 65.4 Å². The topological polar surface area (TPSA) is 89.3 Å². The molecule has 0 aliphatic heterocycles. The van der Waals surface area contributed by atoms with E-state index in [0.717, 1.165) is 0 Å². The zero-order chi connectivity index (χ0) is 22.1. The minimum absolute atomic E-state index is 0.104. The predicted octanol–water partition coefficient (Wildman–Crippen LogP) is 4.93. The summed E-state index contributed by atoms with van der Waals surface area (Å²) in [5, 5.41) is 3.40. The molecule has 0 spiro atoms. The lowest BCUT2D eigenvalue weighted by atomic mass is 10.1. The standard InChI is InChI=1S/C20H17F3N2O4S/c1-3-13-7-8-15(17-11-19(29-24-17)20(21,22)23)10-18(13)30(27,28)25-16-6-4-5-14(9-16)12(2)26/h4-11,25H,3H2,1-2H3. The SMILES string of the molecule is CCc1ccc(-c2cc(C(F)(F)F)on2)cc1S(=O)(=O)Nc1cccc(C(C)=O)c1. The Morgan fingerprint density at radius 2 is 1.87 bits per heavy atom. The number of halogens is 3. The van der Waals surface area contributed by atoms with Gasteiger partial charge >= 0.3 is 6.18 Å². The number of nitrogens with zero attached hydrogens (tertiary/aromatic N) is 1. The Morgan fingerprint density at radius 3 is 2.47 bits per heavy atom. The molecular formula is C20H17F3N2O4S. The van der Waals surface area contributed by atoms with Crippen molar-refractivity contribution in [2.24, 2.45) is 0 Å². The Kier molecular flexibility index (Phi) is 5.71. The molecule has 0 saturated heterocycles. The van der Waals surface area contributed by atoms with Gasteiger partial charge in [-0.2, -0.15) is 13.2 Å². The molecule has 3 aromatic rings. The van der Waals surface area contributed by atoms with Crippen molar-refractivity contribution in [2.75, 3.05) is 4.72 Å². The summed E-state index contributed by atoms with van der Waals surface area (Å²) in [6.07, 6.45) is -4.33. The smallest absolute Gasteiger partial charge is 0.351 e. The van der Waals surface area contributed by atoms with Gasteiger partial charge in [-0.1, -0.05) is 36.3 Å². The van der Waals surface area contributed by atoms with E-state index in [4.69, 9.17) is 0 Å². The van der Waals surface area contributed by atoms with E-state index in [1.54, 1.807) is 19.1 Å². The van der Waals surface area contributed by atoms with Crippen LogP contribution in [0.2, 0.25) is 0 Å². The van der Waals surface area contributed by atoms with Crippen LogP contribution in [0.4, 0.5) is 18.9 Å². The maximum Gasteiger partial charge on any atom is 0.452 e. The van der Waals surface area contributed by atoms with Crippen LogP contribution >= 0.6 is 0 Å². The number of carbonyl (C=O) groups excluding carboxylic acids is 1. The van der Waals surface area contributed by atoms with Gasteiger partial charge in [-0.3, -0.25) is 9.52 Å². The number of anilines is 1. The number of rotatable bonds is 6. The van der Waals surface area contributed by atoms with Gasteiger partial charge in [-0.05, 0) is 37.1 Å². The van der Waals surface area contributed by atoms with Crippen molar-refractivity contribution in [1.29, 1.82) is 0 Å². The molecule has 2 aromatic carbocycles. The van der Waals surface area contributed by atoms with E-state index in [1.807, 2.05) is 0 Å². The number of sulfonamides is 1. The van der Waals surface area contributed by atoms with Crippen LogP contribution in [-0.4, -0.2) is 19.4 Å². The molecule has 1 N–H and O–H groups in total. The Morgan fingerprint density at radius 1 is 1.13 bits per heavy atom. The first-order chi connectivity index (χ1) is 14.0. The Balaban J connectivity index is 2.01. The fraction of sp³-hybridized carbons (Fsp3) is 0.200. The number of hydrogen-bond donors (Lipinski definition) is 1. The molecule has 30 heavy (non-hydrogen) atoms. The fourth-order valence-electron chi connectivity index (χ4n) is 2.81. The summed E-state index contributed by atoms with van der Waals surface area (Å²) in [7, 11) is -4.09. The van der Waals surface area contributed by atoms with Crippen LogP contribution in [0.1, 0.15) is 35.5 Å². The molecule has 0 fully saturated rings. The maximum atomic E-state index is 13.0. The highest BCUT2D eigenvalue weighted by Crippen LogP contribution is 2.33. The van der Waals surface area contributed by atoms with E-state index in [-0.39, 0.29) is 27.6 Å². The van der Waals surface area contributed by atoms with Crippen LogP contribution in [0.3, 0.4) is 0 Å². The summed E-state index contributed by atoms with van der Waals surface area (Å²) in [4.78, 5) is 11.4. The molecule has 0 radical (unpaired) electrons. The summed E-state index contributed by atoms with van der Waals surface area (Å²) in [6, 6.07) is 10.9. The van der Waals surface area contributed by atoms with Gasteiger partial charge < -0.3 is 4.52 Å². The quantitative estimate of drug-likeness (QED) is 0.552. The highest BCUT2D eigenvalue weighted by Gasteiger charge is 2.36. The molecule has 10 heteroatoms. The van der Waals surface area contributed by atoms with E-state index < -0.39 is 22.0 Å². The molecule has 6 nitrogen and oxygen atoms in total. The van der Waals surface area contributed by atoms with Crippen molar-refractivity contribution in [1.82, 2.24) is 5.16 Å². The Bertz CT molecular complexity index is 1200. The second-order valence-corrected chi connectivity index (χ2v) is 8.14. The first-order valence-electron chi connectivity index (χ1n) is 8.82. The lowest BCUT2D eigenvalue weighted by molar-refractivity contribution is -0.155. The molecule has 158 valence electrons. The van der Waals surface area contributed by atoms with Gasteiger partial charge in [-0.25, -0.2) is 8.42 Å². The van der Waals surface area contributed by atoms with Crippen molar-refractivity contribution < 1.29 is 30.9 Å².